The molecule has 6 heteroatoms. The Morgan fingerprint density at radius 3 is 2.20 bits per heavy atom. The Hall–Kier alpha value is -0.810. The van der Waals surface area contributed by atoms with E-state index in [-0.39, 0.29) is 30.7 Å². The number of carbonyl (C=O) groups is 1. The van der Waals surface area contributed by atoms with E-state index in [9.17, 15) is 4.79 Å². The Morgan fingerprint density at radius 1 is 1.16 bits per heavy atom. The van der Waals surface area contributed by atoms with Crippen molar-refractivity contribution in [3.05, 3.63) is 35.4 Å². The minimum atomic E-state index is 0. The van der Waals surface area contributed by atoms with Crippen LogP contribution in [-0.4, -0.2) is 54.5 Å². The maximum atomic E-state index is 12.6. The molecular weight excluding hydrogens is 357 g/mol. The first-order chi connectivity index (χ1) is 11.0. The highest BCUT2D eigenvalue weighted by atomic mass is 35.5. The molecule has 1 heterocycles. The lowest BCUT2D eigenvalue weighted by Crippen LogP contribution is -2.43. The molecule has 1 aromatic carbocycles. The van der Waals surface area contributed by atoms with Crippen LogP contribution < -0.4 is 5.32 Å². The number of amides is 1. The van der Waals surface area contributed by atoms with Crippen molar-refractivity contribution < 1.29 is 4.79 Å². The third-order valence-corrected chi connectivity index (χ3v) is 4.90. The van der Waals surface area contributed by atoms with E-state index in [1.165, 1.54) is 5.56 Å². The minimum absolute atomic E-state index is 0. The van der Waals surface area contributed by atoms with Crippen LogP contribution in [0.4, 0.5) is 0 Å². The maximum Gasteiger partial charge on any atom is 0.253 e. The quantitative estimate of drug-likeness (QED) is 0.807. The van der Waals surface area contributed by atoms with Crippen LogP contribution in [0.3, 0.4) is 0 Å². The molecule has 0 radical (unpaired) electrons. The number of nitrogens with one attached hydrogen (secondary N) is 1. The first kappa shape index (κ1) is 24.2. The molecule has 1 aliphatic heterocycles. The normalized spacial score (nSPS) is 14.8. The molecule has 25 heavy (non-hydrogen) atoms. The van der Waals surface area contributed by atoms with E-state index < -0.39 is 0 Å². The summed E-state index contributed by atoms with van der Waals surface area (Å²) in [6, 6.07) is 9.03. The van der Waals surface area contributed by atoms with Gasteiger partial charge in [0.2, 0.25) is 0 Å². The summed E-state index contributed by atoms with van der Waals surface area (Å²) in [5.41, 5.74) is 2.06. The lowest BCUT2D eigenvalue weighted by atomic mass is 10.0. The zero-order valence-corrected chi connectivity index (χ0v) is 17.5. The zero-order chi connectivity index (χ0) is 16.8. The van der Waals surface area contributed by atoms with Gasteiger partial charge in [0.15, 0.2) is 0 Å². The number of hydrogen-bond donors (Lipinski definition) is 1. The summed E-state index contributed by atoms with van der Waals surface area (Å²) in [6.45, 7) is 10.6. The highest BCUT2D eigenvalue weighted by Gasteiger charge is 2.22. The standard InChI is InChI=1S/C19H31N3O.2ClH/c1-5-22(15(2)3)14-16-6-8-17(9-7-16)19(23)21(4)18-10-12-20-13-11-18;;/h6-9,15,18,20H,5,10-14H2,1-4H3;2*1H. The van der Waals surface area contributed by atoms with Gasteiger partial charge in [-0.3, -0.25) is 9.69 Å². The lowest BCUT2D eigenvalue weighted by molar-refractivity contribution is 0.0703. The predicted octanol–water partition coefficient (Wildman–Crippen LogP) is 3.58. The predicted molar refractivity (Wildman–Crippen MR) is 110 cm³/mol. The molecule has 0 aromatic heterocycles. The second-order valence-corrected chi connectivity index (χ2v) is 6.75. The molecule has 2 rings (SSSR count). The number of benzene rings is 1. The van der Waals surface area contributed by atoms with Crippen LogP contribution in [0.2, 0.25) is 0 Å². The average Bonchev–Trinajstić information content (AvgIpc) is 2.59. The van der Waals surface area contributed by atoms with Gasteiger partial charge in [-0.05, 0) is 64.0 Å². The number of halogens is 2. The molecule has 0 unspecified atom stereocenters. The van der Waals surface area contributed by atoms with Crippen molar-refractivity contribution in [1.29, 1.82) is 0 Å². The lowest BCUT2D eigenvalue weighted by Gasteiger charge is -2.31. The fourth-order valence-electron chi connectivity index (χ4n) is 3.21. The van der Waals surface area contributed by atoms with Crippen molar-refractivity contribution in [2.24, 2.45) is 0 Å². The van der Waals surface area contributed by atoms with E-state index in [0.29, 0.717) is 12.1 Å². The summed E-state index contributed by atoms with van der Waals surface area (Å²) in [4.78, 5) is 17.0. The van der Waals surface area contributed by atoms with Gasteiger partial charge in [-0.15, -0.1) is 24.8 Å². The van der Waals surface area contributed by atoms with E-state index in [1.54, 1.807) is 0 Å². The van der Waals surface area contributed by atoms with Gasteiger partial charge in [0.05, 0.1) is 0 Å². The van der Waals surface area contributed by atoms with Crippen LogP contribution in [-0.2, 0) is 6.54 Å². The van der Waals surface area contributed by atoms with Crippen LogP contribution in [0, 0.1) is 0 Å². The van der Waals surface area contributed by atoms with Crippen molar-refractivity contribution >= 4 is 30.7 Å². The summed E-state index contributed by atoms with van der Waals surface area (Å²) < 4.78 is 0. The molecule has 0 aliphatic carbocycles. The highest BCUT2D eigenvalue weighted by molar-refractivity contribution is 5.94. The molecule has 0 bridgehead atoms. The van der Waals surface area contributed by atoms with E-state index in [0.717, 1.165) is 44.6 Å². The molecule has 144 valence electrons. The topological polar surface area (TPSA) is 35.6 Å². The van der Waals surface area contributed by atoms with Crippen LogP contribution in [0.15, 0.2) is 24.3 Å². The number of carbonyl (C=O) groups excluding carboxylic acids is 1. The van der Waals surface area contributed by atoms with Crippen LogP contribution in [0.25, 0.3) is 0 Å². The van der Waals surface area contributed by atoms with Crippen LogP contribution in [0.5, 0.6) is 0 Å². The number of piperidine rings is 1. The van der Waals surface area contributed by atoms with Gasteiger partial charge in [0, 0.05) is 31.2 Å². The van der Waals surface area contributed by atoms with Crippen LogP contribution in [0.1, 0.15) is 49.5 Å². The summed E-state index contributed by atoms with van der Waals surface area (Å²) in [5.74, 6) is 0.139. The summed E-state index contributed by atoms with van der Waals surface area (Å²) in [5, 5.41) is 3.35. The molecule has 0 spiro atoms. The molecule has 1 aliphatic rings. The van der Waals surface area contributed by atoms with E-state index in [1.807, 2.05) is 24.1 Å². The Morgan fingerprint density at radius 2 is 1.72 bits per heavy atom. The number of rotatable bonds is 6. The summed E-state index contributed by atoms with van der Waals surface area (Å²) >= 11 is 0. The SMILES string of the molecule is CCN(Cc1ccc(C(=O)N(C)C2CCNCC2)cc1)C(C)C.Cl.Cl. The molecule has 1 N–H and O–H groups in total. The van der Waals surface area contributed by atoms with Gasteiger partial charge in [-0.1, -0.05) is 19.1 Å². The van der Waals surface area contributed by atoms with Gasteiger partial charge in [-0.25, -0.2) is 0 Å². The smallest absolute Gasteiger partial charge is 0.253 e. The van der Waals surface area contributed by atoms with E-state index in [2.05, 4.69) is 43.1 Å². The Kier molecular flexibility index (Phi) is 11.4. The van der Waals surface area contributed by atoms with Gasteiger partial charge < -0.3 is 10.2 Å². The molecule has 1 saturated heterocycles. The van der Waals surface area contributed by atoms with Gasteiger partial charge in [0.25, 0.3) is 5.91 Å². The van der Waals surface area contributed by atoms with E-state index >= 15 is 0 Å². The second-order valence-electron chi connectivity index (χ2n) is 6.75. The summed E-state index contributed by atoms with van der Waals surface area (Å²) in [6.07, 6.45) is 2.08. The maximum absolute atomic E-state index is 12.6. The number of nitrogens with zero attached hydrogens (tertiary/aromatic N) is 2. The van der Waals surface area contributed by atoms with Gasteiger partial charge in [0.1, 0.15) is 0 Å². The number of hydrogen-bond acceptors (Lipinski definition) is 3. The Labute approximate surface area is 165 Å². The third-order valence-electron chi connectivity index (χ3n) is 4.90. The highest BCUT2D eigenvalue weighted by Crippen LogP contribution is 2.15. The van der Waals surface area contributed by atoms with Crippen molar-refractivity contribution in [3.63, 3.8) is 0 Å². The second kappa shape index (κ2) is 11.7. The van der Waals surface area contributed by atoms with Gasteiger partial charge >= 0.3 is 0 Å². The van der Waals surface area contributed by atoms with Crippen molar-refractivity contribution in [2.45, 2.75) is 52.2 Å². The average molecular weight is 390 g/mol. The van der Waals surface area contributed by atoms with Crippen molar-refractivity contribution in [2.75, 3.05) is 26.7 Å². The fourth-order valence-corrected chi connectivity index (χ4v) is 3.21. The molecule has 4 nitrogen and oxygen atoms in total. The fraction of sp³-hybridized carbons (Fsp3) is 0.632. The van der Waals surface area contributed by atoms with Crippen LogP contribution >= 0.6 is 24.8 Å². The van der Waals surface area contributed by atoms with Gasteiger partial charge in [-0.2, -0.15) is 0 Å². The van der Waals surface area contributed by atoms with Crippen molar-refractivity contribution in [1.82, 2.24) is 15.1 Å². The van der Waals surface area contributed by atoms with E-state index in [4.69, 9.17) is 0 Å². The molecule has 0 saturated carbocycles. The molecule has 1 amide bonds. The Balaban J connectivity index is 0.00000288. The molecule has 1 aromatic rings. The third kappa shape index (κ3) is 6.78. The molecule has 0 atom stereocenters. The first-order valence-electron chi connectivity index (χ1n) is 8.83. The molecular formula is C19H33Cl2N3O. The minimum Gasteiger partial charge on any atom is -0.339 e. The molecule has 1 fully saturated rings. The largest absolute Gasteiger partial charge is 0.339 e. The Bertz CT molecular complexity index is 502. The summed E-state index contributed by atoms with van der Waals surface area (Å²) in [7, 11) is 1.93. The first-order valence-corrected chi connectivity index (χ1v) is 8.83. The zero-order valence-electron chi connectivity index (χ0n) is 15.8. The van der Waals surface area contributed by atoms with Crippen molar-refractivity contribution in [3.8, 4) is 0 Å². The monoisotopic (exact) mass is 389 g/mol.